The lowest BCUT2D eigenvalue weighted by Gasteiger charge is -2.38. The number of likely N-dealkylation sites (tertiary alicyclic amines) is 2. The molecule has 1 atom stereocenters. The first kappa shape index (κ1) is 23.9. The molecule has 0 aliphatic carbocycles. The fraction of sp³-hybridized carbons (Fsp3) is 0.636. The Hall–Kier alpha value is -1.35. The van der Waals surface area contributed by atoms with Gasteiger partial charge < -0.3 is 15.0 Å². The van der Waals surface area contributed by atoms with E-state index in [2.05, 4.69) is 50.4 Å². The van der Waals surface area contributed by atoms with E-state index in [0.717, 1.165) is 51.5 Å². The van der Waals surface area contributed by atoms with Crippen LogP contribution in [-0.2, 0) is 16.1 Å². The molecule has 0 saturated carbocycles. The number of carbonyl (C=O) groups is 1. The monoisotopic (exact) mass is 514 g/mol. The van der Waals surface area contributed by atoms with Crippen molar-refractivity contribution in [3.63, 3.8) is 0 Å². The van der Waals surface area contributed by atoms with Crippen LogP contribution in [0, 0.1) is 5.92 Å². The molecule has 2 fully saturated rings. The Kier molecular flexibility index (Phi) is 10.2. The molecule has 1 unspecified atom stereocenters. The minimum absolute atomic E-state index is 0. The predicted octanol–water partition coefficient (Wildman–Crippen LogP) is 3.12. The maximum Gasteiger partial charge on any atom is 0.308 e. The van der Waals surface area contributed by atoms with Crippen LogP contribution < -0.4 is 5.32 Å². The Morgan fingerprint density at radius 1 is 1.14 bits per heavy atom. The molecule has 2 aliphatic rings. The smallest absolute Gasteiger partial charge is 0.308 e. The Bertz CT molecular complexity index is 647. The van der Waals surface area contributed by atoms with Gasteiger partial charge in [0.2, 0.25) is 0 Å². The van der Waals surface area contributed by atoms with Crippen LogP contribution in [0.25, 0.3) is 0 Å². The summed E-state index contributed by atoms with van der Waals surface area (Å²) >= 11 is 0. The van der Waals surface area contributed by atoms with Crippen LogP contribution >= 0.6 is 24.0 Å². The summed E-state index contributed by atoms with van der Waals surface area (Å²) in [5, 5.41) is 3.60. The van der Waals surface area contributed by atoms with E-state index in [1.807, 2.05) is 7.05 Å². The molecular formula is C22H35IN4O2. The molecule has 1 aromatic carbocycles. The molecule has 3 rings (SSSR count). The number of esters is 1. The maximum absolute atomic E-state index is 11.7. The van der Waals surface area contributed by atoms with Crippen molar-refractivity contribution in [3.8, 4) is 0 Å². The number of aliphatic imine (C=N–C) groups is 1. The molecule has 7 heteroatoms. The highest BCUT2D eigenvalue weighted by Gasteiger charge is 2.28. The average molecular weight is 514 g/mol. The Morgan fingerprint density at radius 2 is 1.86 bits per heavy atom. The quantitative estimate of drug-likeness (QED) is 0.283. The normalized spacial score (nSPS) is 21.4. The second-order valence-corrected chi connectivity index (χ2v) is 7.82. The second-order valence-electron chi connectivity index (χ2n) is 7.82. The van der Waals surface area contributed by atoms with Gasteiger partial charge in [-0.15, -0.1) is 24.0 Å². The third-order valence-electron chi connectivity index (χ3n) is 6.01. The van der Waals surface area contributed by atoms with E-state index in [0.29, 0.717) is 6.04 Å². The van der Waals surface area contributed by atoms with Crippen molar-refractivity contribution in [2.24, 2.45) is 10.9 Å². The molecule has 29 heavy (non-hydrogen) atoms. The summed E-state index contributed by atoms with van der Waals surface area (Å²) in [7, 11) is 3.32. The lowest BCUT2D eigenvalue weighted by atomic mass is 9.97. The van der Waals surface area contributed by atoms with Crippen molar-refractivity contribution < 1.29 is 9.53 Å². The molecule has 2 aliphatic heterocycles. The summed E-state index contributed by atoms with van der Waals surface area (Å²) in [5.41, 5.74) is 1.38. The summed E-state index contributed by atoms with van der Waals surface area (Å²) in [6.07, 6.45) is 5.45. The third kappa shape index (κ3) is 6.84. The minimum atomic E-state index is -0.0821. The van der Waals surface area contributed by atoms with E-state index in [-0.39, 0.29) is 35.9 Å². The zero-order valence-corrected chi connectivity index (χ0v) is 20.0. The summed E-state index contributed by atoms with van der Waals surface area (Å²) < 4.78 is 4.89. The topological polar surface area (TPSA) is 57.2 Å². The summed E-state index contributed by atoms with van der Waals surface area (Å²) in [6, 6.07) is 11.3. The molecule has 162 valence electrons. The number of guanidine groups is 1. The van der Waals surface area contributed by atoms with Gasteiger partial charge in [0.25, 0.3) is 0 Å². The van der Waals surface area contributed by atoms with Gasteiger partial charge in [0.05, 0.1) is 13.0 Å². The van der Waals surface area contributed by atoms with Crippen LogP contribution in [0.1, 0.15) is 37.7 Å². The highest BCUT2D eigenvalue weighted by atomic mass is 127. The number of nitrogens with one attached hydrogen (secondary N) is 1. The van der Waals surface area contributed by atoms with Gasteiger partial charge in [0.15, 0.2) is 5.96 Å². The first-order chi connectivity index (χ1) is 13.7. The predicted molar refractivity (Wildman–Crippen MR) is 128 cm³/mol. The standard InChI is InChI=1S/C22H34N4O2.HI/c1-23-22(25-14-11-19(12-15-25)21(27)28-2)24-16-20-10-6-7-13-26(20)17-18-8-4-3-5-9-18;/h3-5,8-9,19-20H,6-7,10-17H2,1-2H3,(H,23,24);1H. The molecule has 0 amide bonds. The van der Waals surface area contributed by atoms with Gasteiger partial charge in [-0.1, -0.05) is 36.8 Å². The van der Waals surface area contributed by atoms with Crippen LogP contribution in [-0.4, -0.2) is 68.1 Å². The van der Waals surface area contributed by atoms with E-state index >= 15 is 0 Å². The fourth-order valence-electron chi connectivity index (χ4n) is 4.35. The van der Waals surface area contributed by atoms with Gasteiger partial charge in [-0.25, -0.2) is 0 Å². The minimum Gasteiger partial charge on any atom is -0.469 e. The van der Waals surface area contributed by atoms with Gasteiger partial charge in [0.1, 0.15) is 0 Å². The SMILES string of the molecule is CN=C(NCC1CCCCN1Cc1ccccc1)N1CCC(C(=O)OC)CC1.I. The first-order valence-electron chi connectivity index (χ1n) is 10.5. The summed E-state index contributed by atoms with van der Waals surface area (Å²) in [6.45, 7) is 4.77. The number of nitrogens with zero attached hydrogens (tertiary/aromatic N) is 3. The highest BCUT2D eigenvalue weighted by molar-refractivity contribution is 14.0. The molecule has 1 N–H and O–H groups in total. The first-order valence-corrected chi connectivity index (χ1v) is 10.5. The summed E-state index contributed by atoms with van der Waals surface area (Å²) in [4.78, 5) is 21.1. The third-order valence-corrected chi connectivity index (χ3v) is 6.01. The Labute approximate surface area is 192 Å². The largest absolute Gasteiger partial charge is 0.469 e. The van der Waals surface area contributed by atoms with Crippen molar-refractivity contribution in [1.82, 2.24) is 15.1 Å². The fourth-order valence-corrected chi connectivity index (χ4v) is 4.35. The van der Waals surface area contributed by atoms with Crippen molar-refractivity contribution in [1.29, 1.82) is 0 Å². The maximum atomic E-state index is 11.7. The number of rotatable bonds is 5. The number of methoxy groups -OCH3 is 1. The summed E-state index contributed by atoms with van der Waals surface area (Å²) in [5.74, 6) is 0.897. The van der Waals surface area contributed by atoms with Crippen molar-refractivity contribution in [2.45, 2.75) is 44.7 Å². The molecule has 0 bridgehead atoms. The molecule has 6 nitrogen and oxygen atoms in total. The molecule has 2 heterocycles. The molecule has 0 radical (unpaired) electrons. The van der Waals surface area contributed by atoms with E-state index in [1.54, 1.807) is 0 Å². The van der Waals surface area contributed by atoms with Crippen LogP contribution in [0.15, 0.2) is 35.3 Å². The molecule has 1 aromatic rings. The van der Waals surface area contributed by atoms with Crippen molar-refractivity contribution in [2.75, 3.05) is 40.3 Å². The van der Waals surface area contributed by atoms with E-state index in [1.165, 1.54) is 31.9 Å². The van der Waals surface area contributed by atoms with E-state index < -0.39 is 0 Å². The van der Waals surface area contributed by atoms with Crippen molar-refractivity contribution >= 4 is 35.9 Å². The van der Waals surface area contributed by atoms with Gasteiger partial charge in [-0.05, 0) is 37.8 Å². The van der Waals surface area contributed by atoms with Gasteiger partial charge in [-0.3, -0.25) is 14.7 Å². The number of piperidine rings is 2. The molecule has 0 aromatic heterocycles. The number of hydrogen-bond donors (Lipinski definition) is 1. The number of carbonyl (C=O) groups excluding carboxylic acids is 1. The lowest BCUT2D eigenvalue weighted by Crippen LogP contribution is -2.51. The number of benzene rings is 1. The van der Waals surface area contributed by atoms with Gasteiger partial charge in [-0.2, -0.15) is 0 Å². The number of halogens is 1. The Morgan fingerprint density at radius 3 is 2.52 bits per heavy atom. The zero-order valence-electron chi connectivity index (χ0n) is 17.7. The van der Waals surface area contributed by atoms with Crippen LogP contribution in [0.2, 0.25) is 0 Å². The zero-order chi connectivity index (χ0) is 19.8. The van der Waals surface area contributed by atoms with Gasteiger partial charge >= 0.3 is 5.97 Å². The van der Waals surface area contributed by atoms with E-state index in [4.69, 9.17) is 4.74 Å². The van der Waals surface area contributed by atoms with Gasteiger partial charge in [0, 0.05) is 39.3 Å². The van der Waals surface area contributed by atoms with Crippen LogP contribution in [0.5, 0.6) is 0 Å². The molecule has 2 saturated heterocycles. The van der Waals surface area contributed by atoms with Crippen LogP contribution in [0.4, 0.5) is 0 Å². The average Bonchev–Trinajstić information content (AvgIpc) is 2.76. The number of hydrogen-bond acceptors (Lipinski definition) is 4. The molecular weight excluding hydrogens is 479 g/mol. The second kappa shape index (κ2) is 12.4. The highest BCUT2D eigenvalue weighted by Crippen LogP contribution is 2.21. The Balaban J connectivity index is 0.00000300. The molecule has 0 spiro atoms. The lowest BCUT2D eigenvalue weighted by molar-refractivity contribution is -0.146. The van der Waals surface area contributed by atoms with Crippen LogP contribution in [0.3, 0.4) is 0 Å². The van der Waals surface area contributed by atoms with E-state index in [9.17, 15) is 4.79 Å². The number of ether oxygens (including phenoxy) is 1. The van der Waals surface area contributed by atoms with Crippen molar-refractivity contribution in [3.05, 3.63) is 35.9 Å².